The maximum absolute atomic E-state index is 11.8. The Morgan fingerprint density at radius 2 is 2.06 bits per heavy atom. The number of hydrogen-bond donors (Lipinski definition) is 2. The molecule has 1 amide bonds. The number of rotatable bonds is 4. The summed E-state index contributed by atoms with van der Waals surface area (Å²) in [5.41, 5.74) is 0. The lowest BCUT2D eigenvalue weighted by Gasteiger charge is -2.20. The maximum atomic E-state index is 11.8. The normalized spacial score (nSPS) is 16.4. The first-order valence-corrected chi connectivity index (χ1v) is 7.83. The van der Waals surface area contributed by atoms with Crippen LogP contribution in [-0.4, -0.2) is 28.5 Å². The molecule has 4 nitrogen and oxygen atoms in total. The summed E-state index contributed by atoms with van der Waals surface area (Å²) in [7, 11) is 0. The van der Waals surface area contributed by atoms with Gasteiger partial charge in [0.05, 0.1) is 5.00 Å². The molecule has 0 radical (unpaired) electrons. The lowest BCUT2D eigenvalue weighted by atomic mass is 9.98. The predicted octanol–water partition coefficient (Wildman–Crippen LogP) is 2.92. The average molecular weight is 285 g/mol. The molecule has 1 aromatic rings. The van der Waals surface area contributed by atoms with Crippen LogP contribution in [0, 0.1) is 5.92 Å². The lowest BCUT2D eigenvalue weighted by molar-refractivity contribution is -0.117. The summed E-state index contributed by atoms with van der Waals surface area (Å²) >= 11 is 3.04. The van der Waals surface area contributed by atoms with E-state index in [1.54, 1.807) is 6.07 Å². The van der Waals surface area contributed by atoms with Gasteiger partial charge in [-0.15, -0.1) is 11.3 Å². The molecule has 0 atom stereocenters. The quantitative estimate of drug-likeness (QED) is 0.892. The number of nitrogens with one attached hydrogen (secondary N) is 1. The van der Waals surface area contributed by atoms with E-state index >= 15 is 0 Å². The second kappa shape index (κ2) is 6.24. The van der Waals surface area contributed by atoms with Gasteiger partial charge in [-0.2, -0.15) is 11.8 Å². The molecule has 0 aromatic carbocycles. The highest BCUT2D eigenvalue weighted by Gasteiger charge is 2.18. The van der Waals surface area contributed by atoms with Crippen LogP contribution in [0.4, 0.5) is 5.00 Å². The Kier molecular flexibility index (Phi) is 4.66. The lowest BCUT2D eigenvalue weighted by Crippen LogP contribution is -2.19. The molecule has 6 heteroatoms. The third-order valence-electron chi connectivity index (χ3n) is 2.89. The molecule has 1 fully saturated rings. The fourth-order valence-corrected chi connectivity index (χ4v) is 3.89. The Bertz CT molecular complexity index is 438. The van der Waals surface area contributed by atoms with E-state index in [9.17, 15) is 9.59 Å². The van der Waals surface area contributed by atoms with E-state index in [1.165, 1.54) is 6.07 Å². The van der Waals surface area contributed by atoms with Crippen LogP contribution in [0.2, 0.25) is 0 Å². The summed E-state index contributed by atoms with van der Waals surface area (Å²) in [6, 6.07) is 3.16. The second-order valence-electron chi connectivity index (χ2n) is 4.28. The molecule has 1 aromatic heterocycles. The smallest absolute Gasteiger partial charge is 0.345 e. The largest absolute Gasteiger partial charge is 0.477 e. The van der Waals surface area contributed by atoms with Crippen LogP contribution in [0.3, 0.4) is 0 Å². The molecule has 2 N–H and O–H groups in total. The van der Waals surface area contributed by atoms with Crippen LogP contribution in [-0.2, 0) is 4.79 Å². The zero-order chi connectivity index (χ0) is 13.0. The van der Waals surface area contributed by atoms with Crippen molar-refractivity contribution in [2.24, 2.45) is 5.92 Å². The van der Waals surface area contributed by atoms with E-state index in [-0.39, 0.29) is 10.8 Å². The number of amides is 1. The molecule has 0 bridgehead atoms. The monoisotopic (exact) mass is 285 g/mol. The van der Waals surface area contributed by atoms with Gasteiger partial charge in [-0.25, -0.2) is 4.79 Å². The minimum absolute atomic E-state index is 0.00862. The molecule has 0 unspecified atom stereocenters. The topological polar surface area (TPSA) is 66.4 Å². The van der Waals surface area contributed by atoms with Crippen molar-refractivity contribution in [3.63, 3.8) is 0 Å². The summed E-state index contributed by atoms with van der Waals surface area (Å²) in [5, 5.41) is 12.2. The van der Waals surface area contributed by atoms with Crippen molar-refractivity contribution < 1.29 is 14.7 Å². The van der Waals surface area contributed by atoms with Gasteiger partial charge in [0.1, 0.15) is 4.88 Å². The molecule has 1 saturated heterocycles. The maximum Gasteiger partial charge on any atom is 0.345 e. The van der Waals surface area contributed by atoms with E-state index in [2.05, 4.69) is 5.32 Å². The molecule has 0 spiro atoms. The second-order valence-corrected chi connectivity index (χ2v) is 6.59. The van der Waals surface area contributed by atoms with E-state index < -0.39 is 5.97 Å². The number of thiophene rings is 1. The highest BCUT2D eigenvalue weighted by atomic mass is 32.2. The standard InChI is InChI=1S/C12H15NO3S2/c14-10(7-8-3-5-17-6-4-8)13-11-2-1-9(18-11)12(15)16/h1-2,8H,3-7H2,(H,13,14)(H,15,16). The third-order valence-corrected chi connectivity index (χ3v) is 4.93. The number of carbonyl (C=O) groups excluding carboxylic acids is 1. The molecule has 2 rings (SSSR count). The van der Waals surface area contributed by atoms with E-state index in [1.807, 2.05) is 11.8 Å². The zero-order valence-electron chi connectivity index (χ0n) is 9.85. The minimum atomic E-state index is -0.954. The Morgan fingerprint density at radius 3 is 2.67 bits per heavy atom. The fourth-order valence-electron chi connectivity index (χ4n) is 1.92. The Labute approximate surface area is 114 Å². The van der Waals surface area contributed by atoms with Gasteiger partial charge in [0.2, 0.25) is 5.91 Å². The first-order chi connectivity index (χ1) is 8.65. The van der Waals surface area contributed by atoms with E-state index in [0.717, 1.165) is 35.7 Å². The van der Waals surface area contributed by atoms with Crippen molar-refractivity contribution in [3.8, 4) is 0 Å². The van der Waals surface area contributed by atoms with Crippen LogP contribution < -0.4 is 5.32 Å². The van der Waals surface area contributed by atoms with Crippen LogP contribution in [0.5, 0.6) is 0 Å². The first kappa shape index (κ1) is 13.4. The number of aromatic carboxylic acids is 1. The van der Waals surface area contributed by atoms with Crippen LogP contribution in [0.1, 0.15) is 28.9 Å². The van der Waals surface area contributed by atoms with Crippen molar-refractivity contribution in [3.05, 3.63) is 17.0 Å². The minimum Gasteiger partial charge on any atom is -0.477 e. The summed E-state index contributed by atoms with van der Waals surface area (Å²) in [5.74, 6) is 1.79. The van der Waals surface area contributed by atoms with Gasteiger partial charge in [-0.3, -0.25) is 4.79 Å². The number of carbonyl (C=O) groups is 2. The molecular formula is C12H15NO3S2. The Hall–Kier alpha value is -1.01. The molecule has 1 aliphatic heterocycles. The molecular weight excluding hydrogens is 270 g/mol. The predicted molar refractivity (Wildman–Crippen MR) is 74.6 cm³/mol. The zero-order valence-corrected chi connectivity index (χ0v) is 11.5. The van der Waals surface area contributed by atoms with Gasteiger partial charge in [0.25, 0.3) is 0 Å². The molecule has 98 valence electrons. The first-order valence-electron chi connectivity index (χ1n) is 5.86. The van der Waals surface area contributed by atoms with Crippen molar-refractivity contribution in [2.75, 3.05) is 16.8 Å². The van der Waals surface area contributed by atoms with Crippen molar-refractivity contribution in [1.82, 2.24) is 0 Å². The van der Waals surface area contributed by atoms with Crippen molar-refractivity contribution >= 4 is 40.0 Å². The SMILES string of the molecule is O=C(CC1CCSCC1)Nc1ccc(C(=O)O)s1. The van der Waals surface area contributed by atoms with Gasteiger partial charge in [0.15, 0.2) is 0 Å². The van der Waals surface area contributed by atoms with Gasteiger partial charge in [-0.1, -0.05) is 0 Å². The number of thioether (sulfide) groups is 1. The average Bonchev–Trinajstić information content (AvgIpc) is 2.78. The van der Waals surface area contributed by atoms with Gasteiger partial charge in [-0.05, 0) is 42.4 Å². The van der Waals surface area contributed by atoms with Crippen molar-refractivity contribution in [2.45, 2.75) is 19.3 Å². The summed E-state index contributed by atoms with van der Waals surface area (Å²) < 4.78 is 0. The molecule has 0 saturated carbocycles. The Morgan fingerprint density at radius 1 is 1.33 bits per heavy atom. The van der Waals surface area contributed by atoms with Gasteiger partial charge in [0, 0.05) is 6.42 Å². The van der Waals surface area contributed by atoms with E-state index in [4.69, 9.17) is 5.11 Å². The van der Waals surface area contributed by atoms with Gasteiger partial charge >= 0.3 is 5.97 Å². The van der Waals surface area contributed by atoms with Crippen molar-refractivity contribution in [1.29, 1.82) is 0 Å². The molecule has 2 heterocycles. The van der Waals surface area contributed by atoms with Gasteiger partial charge < -0.3 is 10.4 Å². The summed E-state index contributed by atoms with van der Waals surface area (Å²) in [6.45, 7) is 0. The van der Waals surface area contributed by atoms with Crippen LogP contribution in [0.25, 0.3) is 0 Å². The molecule has 0 aliphatic carbocycles. The van der Waals surface area contributed by atoms with Crippen LogP contribution in [0.15, 0.2) is 12.1 Å². The highest BCUT2D eigenvalue weighted by molar-refractivity contribution is 7.99. The summed E-state index contributed by atoms with van der Waals surface area (Å²) in [6.07, 6.45) is 2.74. The molecule has 1 aliphatic rings. The number of carboxylic acid groups (broad SMARTS) is 1. The molecule has 18 heavy (non-hydrogen) atoms. The number of anilines is 1. The summed E-state index contributed by atoms with van der Waals surface area (Å²) in [4.78, 5) is 22.8. The Balaban J connectivity index is 1.84. The van der Waals surface area contributed by atoms with E-state index in [0.29, 0.717) is 17.3 Å². The number of hydrogen-bond acceptors (Lipinski definition) is 4. The van der Waals surface area contributed by atoms with Crippen LogP contribution >= 0.6 is 23.1 Å². The number of carboxylic acids is 1. The fraction of sp³-hybridized carbons (Fsp3) is 0.500. The third kappa shape index (κ3) is 3.74. The highest BCUT2D eigenvalue weighted by Crippen LogP contribution is 2.27.